The first-order chi connectivity index (χ1) is 5.31. The lowest BCUT2D eigenvalue weighted by Gasteiger charge is -2.07. The van der Waals surface area contributed by atoms with Gasteiger partial charge in [-0.1, -0.05) is 26.2 Å². The molecule has 0 aromatic heterocycles. The van der Waals surface area contributed by atoms with Crippen molar-refractivity contribution in [1.29, 1.82) is 0 Å². The highest BCUT2D eigenvalue weighted by Gasteiger charge is 2.01. The summed E-state index contributed by atoms with van der Waals surface area (Å²) in [5.74, 6) is 0. The van der Waals surface area contributed by atoms with Gasteiger partial charge < -0.3 is 5.11 Å². The molecular formula is C9H19O2. The monoisotopic (exact) mass is 159 g/mol. The normalized spacial score (nSPS) is 13.4. The zero-order valence-corrected chi connectivity index (χ0v) is 7.38. The van der Waals surface area contributed by atoms with Gasteiger partial charge in [-0.25, -0.2) is 5.11 Å². The molecule has 0 bridgehead atoms. The number of rotatable bonds is 7. The van der Waals surface area contributed by atoms with Gasteiger partial charge in [0.15, 0.2) is 0 Å². The fourth-order valence-corrected chi connectivity index (χ4v) is 1.09. The molecule has 1 radical (unpaired) electrons. The van der Waals surface area contributed by atoms with Gasteiger partial charge in [-0.2, -0.15) is 0 Å². The van der Waals surface area contributed by atoms with Crippen molar-refractivity contribution in [2.75, 3.05) is 6.61 Å². The van der Waals surface area contributed by atoms with Crippen molar-refractivity contribution in [3.8, 4) is 0 Å². The van der Waals surface area contributed by atoms with E-state index in [1.165, 1.54) is 12.8 Å². The van der Waals surface area contributed by atoms with E-state index in [2.05, 4.69) is 6.92 Å². The van der Waals surface area contributed by atoms with Crippen LogP contribution in [0.1, 0.15) is 45.4 Å². The van der Waals surface area contributed by atoms with Crippen LogP contribution in [-0.4, -0.2) is 17.8 Å². The highest BCUT2D eigenvalue weighted by molar-refractivity contribution is 4.55. The average molecular weight is 159 g/mol. The fraction of sp³-hybridized carbons (Fsp3) is 1.00. The molecule has 0 aliphatic rings. The second-order valence-electron chi connectivity index (χ2n) is 3.00. The van der Waals surface area contributed by atoms with Crippen LogP contribution in [0.3, 0.4) is 0 Å². The number of hydrogen-bond acceptors (Lipinski definition) is 1. The summed E-state index contributed by atoms with van der Waals surface area (Å²) in [4.78, 5) is 0. The van der Waals surface area contributed by atoms with Crippen molar-refractivity contribution in [2.45, 2.75) is 51.6 Å². The molecule has 0 amide bonds. The molecule has 0 fully saturated rings. The van der Waals surface area contributed by atoms with Crippen LogP contribution < -0.4 is 0 Å². The van der Waals surface area contributed by atoms with Crippen LogP contribution in [0.4, 0.5) is 0 Å². The number of aliphatic hydroxyl groups is 1. The predicted octanol–water partition coefficient (Wildman–Crippen LogP) is 2.14. The summed E-state index contributed by atoms with van der Waals surface area (Å²) in [6.07, 6.45) is 5.42. The summed E-state index contributed by atoms with van der Waals surface area (Å²) in [6, 6.07) is 0. The molecular weight excluding hydrogens is 140 g/mol. The third kappa shape index (κ3) is 7.82. The minimum atomic E-state index is -0.226. The van der Waals surface area contributed by atoms with Gasteiger partial charge in [0.2, 0.25) is 0 Å². The smallest absolute Gasteiger partial charge is 0.0823 e. The Balaban J connectivity index is 3.02. The van der Waals surface area contributed by atoms with Crippen LogP contribution in [0.15, 0.2) is 0 Å². The van der Waals surface area contributed by atoms with Crippen LogP contribution in [0.25, 0.3) is 0 Å². The zero-order valence-electron chi connectivity index (χ0n) is 7.38. The first kappa shape index (κ1) is 10.9. The van der Waals surface area contributed by atoms with Crippen LogP contribution >= 0.6 is 0 Å². The van der Waals surface area contributed by atoms with Crippen LogP contribution in [0, 0.1) is 0 Å². The molecule has 0 aliphatic carbocycles. The first-order valence-electron chi connectivity index (χ1n) is 4.57. The topological polar surface area (TPSA) is 40.1 Å². The Labute approximate surface area is 69.2 Å². The van der Waals surface area contributed by atoms with E-state index in [9.17, 15) is 10.2 Å². The SMILES string of the molecule is CCCCCC(O)CCC[O]. The maximum absolute atomic E-state index is 10.1. The van der Waals surface area contributed by atoms with E-state index < -0.39 is 0 Å². The minimum Gasteiger partial charge on any atom is -0.393 e. The van der Waals surface area contributed by atoms with Crippen molar-refractivity contribution in [3.63, 3.8) is 0 Å². The standard InChI is InChI=1S/C9H19O2/c1-2-3-4-6-9(11)7-5-8-10/h9,11H,2-8H2,1H3. The third-order valence-corrected chi connectivity index (χ3v) is 1.82. The molecule has 1 atom stereocenters. The highest BCUT2D eigenvalue weighted by atomic mass is 16.3. The van der Waals surface area contributed by atoms with E-state index in [4.69, 9.17) is 0 Å². The maximum atomic E-state index is 10.1. The molecule has 0 spiro atoms. The average Bonchev–Trinajstić information content (AvgIpc) is 2.01. The van der Waals surface area contributed by atoms with Gasteiger partial charge in [-0.3, -0.25) is 0 Å². The largest absolute Gasteiger partial charge is 0.393 e. The van der Waals surface area contributed by atoms with Crippen LogP contribution in [0.2, 0.25) is 0 Å². The Morgan fingerprint density at radius 1 is 1.18 bits per heavy atom. The lowest BCUT2D eigenvalue weighted by atomic mass is 10.1. The number of unbranched alkanes of at least 4 members (excludes halogenated alkanes) is 2. The molecule has 2 nitrogen and oxygen atoms in total. The minimum absolute atomic E-state index is 0.0508. The Morgan fingerprint density at radius 3 is 2.36 bits per heavy atom. The molecule has 0 saturated heterocycles. The van der Waals surface area contributed by atoms with Crippen LogP contribution in [0.5, 0.6) is 0 Å². The molecule has 2 heteroatoms. The summed E-state index contributed by atoms with van der Waals surface area (Å²) in [6.45, 7) is 2.09. The van der Waals surface area contributed by atoms with Gasteiger partial charge in [-0.05, 0) is 19.3 Å². The van der Waals surface area contributed by atoms with E-state index in [-0.39, 0.29) is 12.7 Å². The van der Waals surface area contributed by atoms with E-state index in [0.717, 1.165) is 12.8 Å². The Hall–Kier alpha value is -0.0800. The Kier molecular flexibility index (Phi) is 7.96. The lowest BCUT2D eigenvalue weighted by Crippen LogP contribution is -2.06. The summed E-state index contributed by atoms with van der Waals surface area (Å²) in [5, 5.41) is 19.3. The van der Waals surface area contributed by atoms with Crippen molar-refractivity contribution < 1.29 is 10.2 Å². The molecule has 0 saturated carbocycles. The molecule has 11 heavy (non-hydrogen) atoms. The molecule has 0 aromatic carbocycles. The van der Waals surface area contributed by atoms with E-state index in [1.54, 1.807) is 0 Å². The Morgan fingerprint density at radius 2 is 1.82 bits per heavy atom. The van der Waals surface area contributed by atoms with Gasteiger partial charge in [0, 0.05) is 0 Å². The molecule has 0 aromatic rings. The number of hydrogen-bond donors (Lipinski definition) is 1. The van der Waals surface area contributed by atoms with Gasteiger partial charge in [0.25, 0.3) is 0 Å². The second-order valence-corrected chi connectivity index (χ2v) is 3.00. The molecule has 1 N–H and O–H groups in total. The summed E-state index contributed by atoms with van der Waals surface area (Å²) >= 11 is 0. The summed E-state index contributed by atoms with van der Waals surface area (Å²) < 4.78 is 0. The van der Waals surface area contributed by atoms with Crippen molar-refractivity contribution in [1.82, 2.24) is 0 Å². The lowest BCUT2D eigenvalue weighted by molar-refractivity contribution is 0.122. The highest BCUT2D eigenvalue weighted by Crippen LogP contribution is 2.07. The zero-order chi connectivity index (χ0) is 8.53. The van der Waals surface area contributed by atoms with E-state index in [0.29, 0.717) is 12.8 Å². The second kappa shape index (κ2) is 8.02. The van der Waals surface area contributed by atoms with Crippen molar-refractivity contribution in [2.24, 2.45) is 0 Å². The van der Waals surface area contributed by atoms with Crippen molar-refractivity contribution in [3.05, 3.63) is 0 Å². The van der Waals surface area contributed by atoms with Crippen molar-refractivity contribution >= 4 is 0 Å². The predicted molar refractivity (Wildman–Crippen MR) is 44.9 cm³/mol. The van der Waals surface area contributed by atoms with Gasteiger partial charge in [0.1, 0.15) is 0 Å². The quantitative estimate of drug-likeness (QED) is 0.568. The third-order valence-electron chi connectivity index (χ3n) is 1.82. The van der Waals surface area contributed by atoms with Gasteiger partial charge in [-0.15, -0.1) is 0 Å². The van der Waals surface area contributed by atoms with E-state index in [1.807, 2.05) is 0 Å². The molecule has 67 valence electrons. The van der Waals surface area contributed by atoms with Gasteiger partial charge in [0.05, 0.1) is 12.7 Å². The maximum Gasteiger partial charge on any atom is 0.0823 e. The van der Waals surface area contributed by atoms with Crippen LogP contribution in [-0.2, 0) is 5.11 Å². The Bertz CT molecular complexity index is 74.0. The first-order valence-corrected chi connectivity index (χ1v) is 4.57. The summed E-state index contributed by atoms with van der Waals surface area (Å²) in [7, 11) is 0. The molecule has 1 unspecified atom stereocenters. The van der Waals surface area contributed by atoms with E-state index >= 15 is 0 Å². The number of aliphatic hydroxyl groups excluding tert-OH is 1. The summed E-state index contributed by atoms with van der Waals surface area (Å²) in [5.41, 5.74) is 0. The molecule has 0 rings (SSSR count). The van der Waals surface area contributed by atoms with Gasteiger partial charge >= 0.3 is 0 Å². The molecule has 0 aliphatic heterocycles. The fourth-order valence-electron chi connectivity index (χ4n) is 1.09. The molecule has 0 heterocycles.